The van der Waals surface area contributed by atoms with Gasteiger partial charge in [0.2, 0.25) is 0 Å². The van der Waals surface area contributed by atoms with Crippen LogP contribution in [0.5, 0.6) is 17.2 Å². The Morgan fingerprint density at radius 3 is 2.90 bits per heavy atom. The molecule has 3 heterocycles. The minimum atomic E-state index is 0.0207. The highest BCUT2D eigenvalue weighted by Gasteiger charge is 2.31. The molecule has 31 heavy (non-hydrogen) atoms. The van der Waals surface area contributed by atoms with Crippen molar-refractivity contribution in [1.29, 1.82) is 0 Å². The van der Waals surface area contributed by atoms with Gasteiger partial charge in [-0.15, -0.1) is 11.3 Å². The minimum absolute atomic E-state index is 0.0207. The van der Waals surface area contributed by atoms with Crippen molar-refractivity contribution in [1.82, 2.24) is 9.88 Å². The molecule has 5 rings (SSSR count). The zero-order chi connectivity index (χ0) is 21.2. The Bertz CT molecular complexity index is 1100. The summed E-state index contributed by atoms with van der Waals surface area (Å²) >= 11 is 1.60. The smallest absolute Gasteiger partial charge is 0.254 e. The number of carbonyl (C=O) groups excluding carboxylic acids is 1. The van der Waals surface area contributed by atoms with Crippen molar-refractivity contribution in [2.75, 3.05) is 19.8 Å². The van der Waals surface area contributed by atoms with E-state index < -0.39 is 0 Å². The van der Waals surface area contributed by atoms with E-state index in [1.54, 1.807) is 11.3 Å². The SMILES string of the molecule is Cc1nc(COc2cccc(C(=O)N3CCCC3c3ccc4c(c3)OCCO4)c2)cs1. The molecule has 160 valence electrons. The van der Waals surface area contributed by atoms with Crippen LogP contribution in [0.15, 0.2) is 47.8 Å². The number of likely N-dealkylation sites (tertiary alicyclic amines) is 1. The molecular weight excluding hydrogens is 412 g/mol. The van der Waals surface area contributed by atoms with Crippen LogP contribution in [-0.4, -0.2) is 35.5 Å². The number of hydrogen-bond donors (Lipinski definition) is 0. The first-order valence-corrected chi connectivity index (χ1v) is 11.4. The van der Waals surface area contributed by atoms with Gasteiger partial charge < -0.3 is 19.1 Å². The van der Waals surface area contributed by atoms with Crippen molar-refractivity contribution in [2.24, 2.45) is 0 Å². The maximum Gasteiger partial charge on any atom is 0.254 e. The molecule has 0 saturated carbocycles. The summed E-state index contributed by atoms with van der Waals surface area (Å²) in [5.41, 5.74) is 2.62. The lowest BCUT2D eigenvalue weighted by Gasteiger charge is -2.27. The van der Waals surface area contributed by atoms with Crippen LogP contribution in [0.4, 0.5) is 0 Å². The monoisotopic (exact) mass is 436 g/mol. The van der Waals surface area contributed by atoms with Gasteiger partial charge in [0.1, 0.15) is 25.6 Å². The molecule has 1 aromatic heterocycles. The quantitative estimate of drug-likeness (QED) is 0.576. The van der Waals surface area contributed by atoms with E-state index in [1.165, 1.54) is 0 Å². The highest BCUT2D eigenvalue weighted by molar-refractivity contribution is 7.09. The van der Waals surface area contributed by atoms with Crippen LogP contribution in [-0.2, 0) is 6.61 Å². The largest absolute Gasteiger partial charge is 0.487 e. The third-order valence-corrected chi connectivity index (χ3v) is 6.42. The van der Waals surface area contributed by atoms with Crippen LogP contribution in [0.3, 0.4) is 0 Å². The molecule has 1 fully saturated rings. The molecule has 2 aliphatic heterocycles. The molecule has 0 spiro atoms. The fourth-order valence-electron chi connectivity index (χ4n) is 4.14. The minimum Gasteiger partial charge on any atom is -0.487 e. The van der Waals surface area contributed by atoms with Crippen LogP contribution in [0.25, 0.3) is 0 Å². The summed E-state index contributed by atoms with van der Waals surface area (Å²) in [6.07, 6.45) is 1.91. The Morgan fingerprint density at radius 1 is 1.19 bits per heavy atom. The van der Waals surface area contributed by atoms with Crippen molar-refractivity contribution in [2.45, 2.75) is 32.4 Å². The number of nitrogens with zero attached hydrogens (tertiary/aromatic N) is 2. The number of benzene rings is 2. The van der Waals surface area contributed by atoms with Gasteiger partial charge in [0.25, 0.3) is 5.91 Å². The van der Waals surface area contributed by atoms with E-state index >= 15 is 0 Å². The standard InChI is InChI=1S/C24H24N2O4S/c1-16-25-19(15-31-16)14-30-20-5-2-4-18(12-20)24(27)26-9-3-6-21(26)17-7-8-22-23(13-17)29-11-10-28-22/h2,4-5,7-8,12-13,15,21H,3,6,9-11,14H2,1H3. The first-order valence-electron chi connectivity index (χ1n) is 10.5. The summed E-state index contributed by atoms with van der Waals surface area (Å²) in [5, 5.41) is 3.01. The average molecular weight is 437 g/mol. The molecule has 0 bridgehead atoms. The van der Waals surface area contributed by atoms with Crippen LogP contribution < -0.4 is 14.2 Å². The molecular formula is C24H24N2O4S. The van der Waals surface area contributed by atoms with Gasteiger partial charge in [0.15, 0.2) is 11.5 Å². The van der Waals surface area contributed by atoms with E-state index in [-0.39, 0.29) is 11.9 Å². The number of fused-ring (bicyclic) bond motifs is 1. The van der Waals surface area contributed by atoms with Crippen LogP contribution >= 0.6 is 11.3 Å². The predicted octanol–water partition coefficient (Wildman–Crippen LogP) is 4.78. The first kappa shape index (κ1) is 19.9. The zero-order valence-corrected chi connectivity index (χ0v) is 18.2. The summed E-state index contributed by atoms with van der Waals surface area (Å²) in [4.78, 5) is 19.7. The molecule has 1 saturated heterocycles. The molecule has 6 nitrogen and oxygen atoms in total. The van der Waals surface area contributed by atoms with E-state index in [0.29, 0.717) is 31.1 Å². The van der Waals surface area contributed by atoms with Gasteiger partial charge in [-0.05, 0) is 55.7 Å². The van der Waals surface area contributed by atoms with E-state index in [0.717, 1.165) is 47.2 Å². The Balaban J connectivity index is 1.32. The Morgan fingerprint density at radius 2 is 2.06 bits per heavy atom. The van der Waals surface area contributed by atoms with Crippen molar-refractivity contribution >= 4 is 17.2 Å². The van der Waals surface area contributed by atoms with Crippen LogP contribution in [0.1, 0.15) is 45.5 Å². The van der Waals surface area contributed by atoms with E-state index in [2.05, 4.69) is 4.98 Å². The van der Waals surface area contributed by atoms with Gasteiger partial charge in [-0.2, -0.15) is 0 Å². The summed E-state index contributed by atoms with van der Waals surface area (Å²) in [7, 11) is 0. The van der Waals surface area contributed by atoms with Crippen molar-refractivity contribution in [3.05, 3.63) is 69.7 Å². The zero-order valence-electron chi connectivity index (χ0n) is 17.4. The highest BCUT2D eigenvalue weighted by atomic mass is 32.1. The van der Waals surface area contributed by atoms with Crippen molar-refractivity contribution in [3.8, 4) is 17.2 Å². The van der Waals surface area contributed by atoms with Gasteiger partial charge in [0.05, 0.1) is 16.7 Å². The molecule has 2 aliphatic rings. The van der Waals surface area contributed by atoms with Crippen LogP contribution in [0.2, 0.25) is 0 Å². The Kier molecular flexibility index (Phi) is 5.51. The number of aromatic nitrogens is 1. The highest BCUT2D eigenvalue weighted by Crippen LogP contribution is 2.38. The second-order valence-electron chi connectivity index (χ2n) is 7.73. The van der Waals surface area contributed by atoms with Crippen molar-refractivity contribution < 1.29 is 19.0 Å². The molecule has 1 unspecified atom stereocenters. The topological polar surface area (TPSA) is 60.9 Å². The number of thiazole rings is 1. The average Bonchev–Trinajstić information content (AvgIpc) is 3.46. The molecule has 0 N–H and O–H groups in total. The maximum atomic E-state index is 13.4. The third-order valence-electron chi connectivity index (χ3n) is 5.60. The molecule has 2 aromatic carbocycles. The number of carbonyl (C=O) groups is 1. The van der Waals surface area contributed by atoms with E-state index in [4.69, 9.17) is 14.2 Å². The molecule has 0 radical (unpaired) electrons. The lowest BCUT2D eigenvalue weighted by atomic mass is 10.0. The first-order chi connectivity index (χ1) is 15.2. The van der Waals surface area contributed by atoms with Gasteiger partial charge in [-0.25, -0.2) is 4.98 Å². The number of aryl methyl sites for hydroxylation is 1. The van der Waals surface area contributed by atoms with Gasteiger partial charge in [0, 0.05) is 17.5 Å². The summed E-state index contributed by atoms with van der Waals surface area (Å²) in [6, 6.07) is 13.4. The summed E-state index contributed by atoms with van der Waals surface area (Å²) in [5.74, 6) is 2.22. The number of amides is 1. The Labute approximate surface area is 185 Å². The van der Waals surface area contributed by atoms with Gasteiger partial charge >= 0.3 is 0 Å². The molecule has 7 heteroatoms. The van der Waals surface area contributed by atoms with E-state index in [9.17, 15) is 4.79 Å². The molecule has 1 atom stereocenters. The maximum absolute atomic E-state index is 13.4. The second kappa shape index (κ2) is 8.59. The second-order valence-corrected chi connectivity index (χ2v) is 8.80. The molecule has 0 aliphatic carbocycles. The number of rotatable bonds is 5. The molecule has 1 amide bonds. The van der Waals surface area contributed by atoms with Gasteiger partial charge in [-0.1, -0.05) is 12.1 Å². The lowest BCUT2D eigenvalue weighted by molar-refractivity contribution is 0.0734. The lowest BCUT2D eigenvalue weighted by Crippen LogP contribution is -2.30. The normalized spacial score (nSPS) is 17.6. The summed E-state index contributed by atoms with van der Waals surface area (Å²) in [6.45, 7) is 4.23. The fourth-order valence-corrected chi connectivity index (χ4v) is 4.74. The summed E-state index contributed by atoms with van der Waals surface area (Å²) < 4.78 is 17.2. The molecule has 3 aromatic rings. The van der Waals surface area contributed by atoms with Crippen molar-refractivity contribution in [3.63, 3.8) is 0 Å². The fraction of sp³-hybridized carbons (Fsp3) is 0.333. The van der Waals surface area contributed by atoms with Gasteiger partial charge in [-0.3, -0.25) is 4.79 Å². The third kappa shape index (κ3) is 4.23. The van der Waals surface area contributed by atoms with Crippen LogP contribution in [0, 0.1) is 6.92 Å². The number of hydrogen-bond acceptors (Lipinski definition) is 6. The van der Waals surface area contributed by atoms with E-state index in [1.807, 2.05) is 59.7 Å². The Hall–Kier alpha value is -3.06. The predicted molar refractivity (Wildman–Crippen MR) is 118 cm³/mol. The number of ether oxygens (including phenoxy) is 3.